The average Bonchev–Trinajstić information content (AvgIpc) is 3.68. The van der Waals surface area contributed by atoms with E-state index in [0.29, 0.717) is 61.2 Å². The Bertz CT molecular complexity index is 1750. The second kappa shape index (κ2) is 17.0. The molecule has 0 saturated carbocycles. The Morgan fingerprint density at radius 3 is 2.19 bits per heavy atom. The number of aliphatic hydroxyl groups is 1. The quantitative estimate of drug-likeness (QED) is 0.129. The average molecular weight is 768 g/mol. The number of carbonyl (C=O) groups is 3. The van der Waals surface area contributed by atoms with Gasteiger partial charge < -0.3 is 38.6 Å². The van der Waals surface area contributed by atoms with Crippen molar-refractivity contribution in [1.29, 1.82) is 0 Å². The molecule has 0 spiro atoms. The molecular formula is C39H49N3O9S2. The van der Waals surface area contributed by atoms with Gasteiger partial charge in [-0.25, -0.2) is 9.69 Å². The van der Waals surface area contributed by atoms with Gasteiger partial charge in [0.25, 0.3) is 11.8 Å². The number of unbranched alkanes of at least 4 members (excludes halogenated alkanes) is 2. The van der Waals surface area contributed by atoms with Crippen molar-refractivity contribution in [3.63, 3.8) is 0 Å². The predicted molar refractivity (Wildman–Crippen MR) is 207 cm³/mol. The van der Waals surface area contributed by atoms with Crippen LogP contribution in [0.15, 0.2) is 48.6 Å². The van der Waals surface area contributed by atoms with Crippen LogP contribution in [0, 0.1) is 0 Å². The van der Waals surface area contributed by atoms with E-state index in [4.69, 9.17) is 23.7 Å². The smallest absolute Gasteiger partial charge is 0.416 e. The van der Waals surface area contributed by atoms with E-state index in [1.165, 1.54) is 7.11 Å². The van der Waals surface area contributed by atoms with Crippen molar-refractivity contribution < 1.29 is 43.2 Å². The van der Waals surface area contributed by atoms with Crippen LogP contribution in [0.5, 0.6) is 23.0 Å². The number of methoxy groups -OCH3 is 2. The van der Waals surface area contributed by atoms with Crippen LogP contribution in [0.25, 0.3) is 0 Å². The lowest BCUT2D eigenvalue weighted by molar-refractivity contribution is 0.0491. The van der Waals surface area contributed by atoms with Gasteiger partial charge >= 0.3 is 6.09 Å². The first-order chi connectivity index (χ1) is 25.5. The standard InChI is InChI=1S/C39H49N3O9S2/c1-23-14-27-11-10-26-16-34(32(47-4)17-28(26)36(43)40(27)20-23)49-12-8-7-9-13-50-35-19-30-29(18-33(35)48-5)37(44)41-21-24(2)15-31(41)38(45)42(30)39(46)51-22-25(3)53-52-6/h16-19,25,27,31,38,45H,1-2,7-15,20-22H2,3-6H3/t25-,27-,31+,38+/m1/s1. The van der Waals surface area contributed by atoms with Crippen LogP contribution < -0.4 is 23.8 Å². The van der Waals surface area contributed by atoms with E-state index in [1.54, 1.807) is 51.8 Å². The zero-order valence-corrected chi connectivity index (χ0v) is 32.5. The number of amides is 3. The van der Waals surface area contributed by atoms with E-state index < -0.39 is 18.4 Å². The molecule has 0 aromatic heterocycles. The highest BCUT2D eigenvalue weighted by Gasteiger charge is 2.46. The van der Waals surface area contributed by atoms with Gasteiger partial charge in [-0.2, -0.15) is 0 Å². The van der Waals surface area contributed by atoms with Gasteiger partial charge in [0.05, 0.1) is 44.7 Å². The van der Waals surface area contributed by atoms with Crippen LogP contribution in [-0.2, 0) is 11.2 Å². The molecule has 12 nitrogen and oxygen atoms in total. The molecule has 2 saturated heterocycles. The summed E-state index contributed by atoms with van der Waals surface area (Å²) < 4.78 is 29.2. The number of hydrogen-bond donors (Lipinski definition) is 1. The zero-order valence-electron chi connectivity index (χ0n) is 30.9. The highest BCUT2D eigenvalue weighted by Crippen LogP contribution is 2.42. The van der Waals surface area contributed by atoms with E-state index in [1.807, 2.05) is 24.1 Å². The van der Waals surface area contributed by atoms with Crippen molar-refractivity contribution in [2.24, 2.45) is 0 Å². The molecule has 0 aliphatic carbocycles. The van der Waals surface area contributed by atoms with Gasteiger partial charge in [0, 0.05) is 36.0 Å². The Morgan fingerprint density at radius 2 is 1.51 bits per heavy atom. The fourth-order valence-electron chi connectivity index (χ4n) is 7.51. The third-order valence-electron chi connectivity index (χ3n) is 10.1. The molecule has 0 unspecified atom stereocenters. The van der Waals surface area contributed by atoms with Crippen LogP contribution in [-0.4, -0.2) is 110 Å². The Morgan fingerprint density at radius 1 is 0.887 bits per heavy atom. The molecule has 2 aromatic carbocycles. The van der Waals surface area contributed by atoms with Crippen LogP contribution in [0.2, 0.25) is 0 Å². The maximum Gasteiger partial charge on any atom is 0.416 e. The van der Waals surface area contributed by atoms with E-state index in [-0.39, 0.29) is 47.5 Å². The molecule has 4 aliphatic rings. The molecule has 2 fully saturated rings. The lowest BCUT2D eigenvalue weighted by atomic mass is 10.00. The van der Waals surface area contributed by atoms with Gasteiger partial charge in [-0.05, 0) is 81.9 Å². The number of anilines is 1. The minimum Gasteiger partial charge on any atom is -0.493 e. The molecule has 0 bridgehead atoms. The zero-order chi connectivity index (χ0) is 37.8. The Balaban J connectivity index is 1.09. The second-order valence-corrected chi connectivity index (χ2v) is 16.8. The lowest BCUT2D eigenvalue weighted by Crippen LogP contribution is -2.51. The summed E-state index contributed by atoms with van der Waals surface area (Å²) in [7, 11) is 6.23. The summed E-state index contributed by atoms with van der Waals surface area (Å²) in [6, 6.07) is 6.41. The number of benzene rings is 2. The summed E-state index contributed by atoms with van der Waals surface area (Å²) >= 11 is 0. The Labute approximate surface area is 319 Å². The maximum absolute atomic E-state index is 13.8. The fourth-order valence-corrected chi connectivity index (χ4v) is 9.12. The molecule has 3 amide bonds. The van der Waals surface area contributed by atoms with Crippen molar-refractivity contribution in [3.05, 3.63) is 65.3 Å². The van der Waals surface area contributed by atoms with E-state index in [0.717, 1.165) is 53.7 Å². The summed E-state index contributed by atoms with van der Waals surface area (Å²) in [6.45, 7) is 11.9. The number of aryl methyl sites for hydroxylation is 1. The minimum atomic E-state index is -1.35. The number of carbonyl (C=O) groups excluding carboxylic acids is 3. The summed E-state index contributed by atoms with van der Waals surface area (Å²) in [4.78, 5) is 45.4. The molecule has 1 N–H and O–H groups in total. The highest BCUT2D eigenvalue weighted by molar-refractivity contribution is 8.76. The largest absolute Gasteiger partial charge is 0.493 e. The third-order valence-corrected chi connectivity index (χ3v) is 12.3. The topological polar surface area (TPSA) is 127 Å². The van der Waals surface area contributed by atoms with Gasteiger partial charge in [0.15, 0.2) is 29.2 Å². The molecule has 53 heavy (non-hydrogen) atoms. The van der Waals surface area contributed by atoms with Crippen molar-refractivity contribution in [2.45, 2.75) is 75.4 Å². The summed E-state index contributed by atoms with van der Waals surface area (Å²) in [5.74, 6) is 1.52. The summed E-state index contributed by atoms with van der Waals surface area (Å²) in [5.41, 5.74) is 3.94. The van der Waals surface area contributed by atoms with Crippen LogP contribution in [0.4, 0.5) is 10.5 Å². The van der Waals surface area contributed by atoms with Gasteiger partial charge in [0.2, 0.25) is 0 Å². The number of fused-ring (bicyclic) bond motifs is 4. The van der Waals surface area contributed by atoms with Crippen molar-refractivity contribution in [3.8, 4) is 23.0 Å². The number of nitrogens with zero attached hydrogens (tertiary/aromatic N) is 3. The first-order valence-corrected chi connectivity index (χ1v) is 20.6. The summed E-state index contributed by atoms with van der Waals surface area (Å²) in [5, 5.41) is 11.6. The van der Waals surface area contributed by atoms with Crippen LogP contribution in [0.1, 0.15) is 71.7 Å². The van der Waals surface area contributed by atoms with Crippen molar-refractivity contribution in [2.75, 3.05) is 58.3 Å². The van der Waals surface area contributed by atoms with Gasteiger partial charge in [-0.15, -0.1) is 0 Å². The van der Waals surface area contributed by atoms with Crippen LogP contribution >= 0.6 is 21.6 Å². The number of ether oxygens (including phenoxy) is 5. The Hall–Kier alpha value is -4.01. The molecule has 0 radical (unpaired) electrons. The maximum atomic E-state index is 13.8. The number of rotatable bonds is 14. The van der Waals surface area contributed by atoms with Gasteiger partial charge in [-0.3, -0.25) is 9.59 Å². The lowest BCUT2D eigenvalue weighted by Gasteiger charge is -2.31. The molecule has 4 atom stereocenters. The van der Waals surface area contributed by atoms with Crippen LogP contribution in [0.3, 0.4) is 0 Å². The first-order valence-electron chi connectivity index (χ1n) is 18.0. The number of aliphatic hydroxyl groups excluding tert-OH is 1. The van der Waals surface area contributed by atoms with E-state index in [9.17, 15) is 19.5 Å². The third kappa shape index (κ3) is 8.24. The molecule has 14 heteroatoms. The second-order valence-electron chi connectivity index (χ2n) is 13.9. The van der Waals surface area contributed by atoms with Gasteiger partial charge in [0.1, 0.15) is 6.61 Å². The molecule has 286 valence electrons. The van der Waals surface area contributed by atoms with Crippen molar-refractivity contribution >= 4 is 45.2 Å². The first kappa shape index (κ1) is 38.7. The number of hydrogen-bond acceptors (Lipinski definition) is 11. The predicted octanol–water partition coefficient (Wildman–Crippen LogP) is 6.49. The Kier molecular flexibility index (Phi) is 12.4. The van der Waals surface area contributed by atoms with Gasteiger partial charge in [-0.1, -0.05) is 45.9 Å². The van der Waals surface area contributed by atoms with E-state index in [2.05, 4.69) is 13.2 Å². The minimum absolute atomic E-state index is 0.0228. The molecule has 4 heterocycles. The van der Waals surface area contributed by atoms with Crippen molar-refractivity contribution in [1.82, 2.24) is 9.80 Å². The monoisotopic (exact) mass is 767 g/mol. The normalized spacial score (nSPS) is 21.3. The molecule has 6 rings (SSSR count). The highest BCUT2D eigenvalue weighted by atomic mass is 33.1. The summed E-state index contributed by atoms with van der Waals surface area (Å²) in [6.07, 6.45) is 4.98. The fraction of sp³-hybridized carbons (Fsp3) is 0.513. The molecule has 2 aromatic rings. The SMILES string of the molecule is C=C1C[C@H]2CCc3cc(OCCCCCOc4cc5c(cc4OC)C(=O)N4CC(=C)C[C@H]4[C@H](O)N5C(=O)OC[C@@H](C)SSC)c(OC)cc3C(=O)N2C1. The molecular weight excluding hydrogens is 719 g/mol. The molecule has 4 aliphatic heterocycles. The van der Waals surface area contributed by atoms with E-state index >= 15 is 0 Å².